The summed E-state index contributed by atoms with van der Waals surface area (Å²) in [6, 6.07) is 14.0. The molecule has 0 saturated carbocycles. The molecule has 1 unspecified atom stereocenters. The fourth-order valence-corrected chi connectivity index (χ4v) is 2.82. The lowest BCUT2D eigenvalue weighted by molar-refractivity contribution is 0.306. The van der Waals surface area contributed by atoms with Crippen molar-refractivity contribution in [3.05, 3.63) is 54.1 Å². The minimum Gasteiger partial charge on any atom is -0.496 e. The third-order valence-electron chi connectivity index (χ3n) is 3.58. The zero-order valence-electron chi connectivity index (χ0n) is 13.7. The highest BCUT2D eigenvalue weighted by atomic mass is 32.2. The van der Waals surface area contributed by atoms with Crippen LogP contribution in [0.15, 0.2) is 53.4 Å². The van der Waals surface area contributed by atoms with Crippen LogP contribution in [0, 0.1) is 0 Å². The van der Waals surface area contributed by atoms with Gasteiger partial charge in [-0.05, 0) is 37.3 Å². The molecule has 7 heteroatoms. The van der Waals surface area contributed by atoms with Gasteiger partial charge < -0.3 is 14.8 Å². The molecule has 3 N–H and O–H groups in total. The van der Waals surface area contributed by atoms with Gasteiger partial charge in [-0.1, -0.05) is 18.2 Å². The molecular weight excluding hydrogens is 328 g/mol. The van der Waals surface area contributed by atoms with Gasteiger partial charge in [0.1, 0.15) is 18.1 Å². The second-order valence-electron chi connectivity index (χ2n) is 5.28. The zero-order valence-corrected chi connectivity index (χ0v) is 14.5. The minimum absolute atomic E-state index is 0.0674. The number of sulfonamides is 1. The molecule has 0 aliphatic rings. The highest BCUT2D eigenvalue weighted by molar-refractivity contribution is 7.89. The molecule has 0 amide bonds. The fourth-order valence-electron chi connectivity index (χ4n) is 2.30. The van der Waals surface area contributed by atoms with Crippen molar-refractivity contribution in [2.75, 3.05) is 20.3 Å². The number of para-hydroxylation sites is 1. The molecule has 1 atom stereocenters. The Kier molecular flexibility index (Phi) is 6.19. The Morgan fingerprint density at radius 2 is 1.79 bits per heavy atom. The van der Waals surface area contributed by atoms with Crippen molar-refractivity contribution >= 4 is 10.0 Å². The van der Waals surface area contributed by atoms with E-state index < -0.39 is 10.0 Å². The molecule has 2 rings (SSSR count). The van der Waals surface area contributed by atoms with Crippen LogP contribution in [0.5, 0.6) is 11.5 Å². The lowest BCUT2D eigenvalue weighted by Crippen LogP contribution is -2.24. The number of rotatable bonds is 8. The van der Waals surface area contributed by atoms with Crippen LogP contribution in [0.4, 0.5) is 0 Å². The number of methoxy groups -OCH3 is 1. The van der Waals surface area contributed by atoms with E-state index in [2.05, 4.69) is 12.2 Å². The van der Waals surface area contributed by atoms with Crippen LogP contribution in [0.2, 0.25) is 0 Å². The van der Waals surface area contributed by atoms with Crippen LogP contribution in [0.3, 0.4) is 0 Å². The SMILES string of the molecule is COc1ccccc1C(C)NCCOc1ccc(S(N)(=O)=O)cc1. The van der Waals surface area contributed by atoms with E-state index in [0.717, 1.165) is 11.3 Å². The molecule has 0 aliphatic heterocycles. The number of hydrogen-bond donors (Lipinski definition) is 2. The van der Waals surface area contributed by atoms with Gasteiger partial charge in [-0.25, -0.2) is 13.6 Å². The zero-order chi connectivity index (χ0) is 17.6. The number of hydrogen-bond acceptors (Lipinski definition) is 5. The Morgan fingerprint density at radius 1 is 1.12 bits per heavy atom. The first-order valence-electron chi connectivity index (χ1n) is 7.54. The molecule has 130 valence electrons. The Bertz CT molecular complexity index is 760. The normalized spacial score (nSPS) is 12.6. The van der Waals surface area contributed by atoms with Gasteiger partial charge in [-0.15, -0.1) is 0 Å². The summed E-state index contributed by atoms with van der Waals surface area (Å²) < 4.78 is 33.3. The first-order chi connectivity index (χ1) is 11.4. The summed E-state index contributed by atoms with van der Waals surface area (Å²) in [5.74, 6) is 1.44. The lowest BCUT2D eigenvalue weighted by Gasteiger charge is -2.17. The smallest absolute Gasteiger partial charge is 0.238 e. The lowest BCUT2D eigenvalue weighted by atomic mass is 10.1. The Hall–Kier alpha value is -2.09. The molecule has 0 saturated heterocycles. The van der Waals surface area contributed by atoms with Crippen molar-refractivity contribution in [1.82, 2.24) is 5.32 Å². The number of nitrogens with one attached hydrogen (secondary N) is 1. The highest BCUT2D eigenvalue weighted by Crippen LogP contribution is 2.24. The van der Waals surface area contributed by atoms with Gasteiger partial charge >= 0.3 is 0 Å². The predicted octanol–water partition coefficient (Wildman–Crippen LogP) is 2.07. The molecule has 2 aromatic carbocycles. The van der Waals surface area contributed by atoms with E-state index in [4.69, 9.17) is 14.6 Å². The third kappa shape index (κ3) is 4.95. The Balaban J connectivity index is 1.82. The van der Waals surface area contributed by atoms with Crippen molar-refractivity contribution in [1.29, 1.82) is 0 Å². The Labute approximate surface area is 142 Å². The summed E-state index contributed by atoms with van der Waals surface area (Å²) in [5.41, 5.74) is 1.08. The van der Waals surface area contributed by atoms with Gasteiger partial charge in [0, 0.05) is 18.2 Å². The van der Waals surface area contributed by atoms with Crippen LogP contribution in [0.25, 0.3) is 0 Å². The van der Waals surface area contributed by atoms with Crippen LogP contribution in [-0.4, -0.2) is 28.7 Å². The maximum Gasteiger partial charge on any atom is 0.238 e. The molecule has 0 heterocycles. The second-order valence-corrected chi connectivity index (χ2v) is 6.84. The average Bonchev–Trinajstić information content (AvgIpc) is 2.58. The summed E-state index contributed by atoms with van der Waals surface area (Å²) in [7, 11) is -2.02. The minimum atomic E-state index is -3.67. The van der Waals surface area contributed by atoms with Gasteiger partial charge in [0.2, 0.25) is 10.0 Å². The van der Waals surface area contributed by atoms with Crippen LogP contribution < -0.4 is 19.9 Å². The number of benzene rings is 2. The van der Waals surface area contributed by atoms with Crippen LogP contribution >= 0.6 is 0 Å². The monoisotopic (exact) mass is 350 g/mol. The molecule has 0 radical (unpaired) electrons. The quantitative estimate of drug-likeness (QED) is 0.711. The summed E-state index contributed by atoms with van der Waals surface area (Å²) in [6.07, 6.45) is 0. The molecular formula is C17H22N2O4S. The number of ether oxygens (including phenoxy) is 2. The van der Waals surface area contributed by atoms with Crippen LogP contribution in [0.1, 0.15) is 18.5 Å². The van der Waals surface area contributed by atoms with Crippen molar-refractivity contribution in [3.63, 3.8) is 0 Å². The Morgan fingerprint density at radius 3 is 2.42 bits per heavy atom. The van der Waals surface area contributed by atoms with Crippen molar-refractivity contribution < 1.29 is 17.9 Å². The molecule has 0 aromatic heterocycles. The molecule has 0 bridgehead atoms. The first kappa shape index (κ1) is 18.3. The molecule has 0 fully saturated rings. The van der Waals surface area contributed by atoms with Gasteiger partial charge in [0.05, 0.1) is 12.0 Å². The average molecular weight is 350 g/mol. The van der Waals surface area contributed by atoms with E-state index in [1.807, 2.05) is 24.3 Å². The summed E-state index contributed by atoms with van der Waals surface area (Å²) >= 11 is 0. The second kappa shape index (κ2) is 8.14. The van der Waals surface area contributed by atoms with Crippen molar-refractivity contribution in [2.24, 2.45) is 5.14 Å². The molecule has 2 aromatic rings. The van der Waals surface area contributed by atoms with E-state index >= 15 is 0 Å². The molecule has 0 spiro atoms. The standard InChI is InChI=1S/C17H22N2O4S/c1-13(16-5-3-4-6-17(16)22-2)19-11-12-23-14-7-9-15(10-8-14)24(18,20)21/h3-10,13,19H,11-12H2,1-2H3,(H2,18,20,21). The van der Waals surface area contributed by atoms with E-state index in [1.54, 1.807) is 19.2 Å². The van der Waals surface area contributed by atoms with E-state index in [1.165, 1.54) is 12.1 Å². The number of nitrogens with two attached hydrogens (primary N) is 1. The maximum absolute atomic E-state index is 11.2. The summed E-state index contributed by atoms with van der Waals surface area (Å²) in [5, 5.41) is 8.41. The molecule has 6 nitrogen and oxygen atoms in total. The molecule has 0 aliphatic carbocycles. The maximum atomic E-state index is 11.2. The van der Waals surface area contributed by atoms with Crippen molar-refractivity contribution in [2.45, 2.75) is 17.9 Å². The van der Waals surface area contributed by atoms with Gasteiger partial charge in [0.15, 0.2) is 0 Å². The van der Waals surface area contributed by atoms with E-state index in [-0.39, 0.29) is 10.9 Å². The van der Waals surface area contributed by atoms with Gasteiger partial charge in [-0.2, -0.15) is 0 Å². The number of primary sulfonamides is 1. The van der Waals surface area contributed by atoms with Crippen molar-refractivity contribution in [3.8, 4) is 11.5 Å². The van der Waals surface area contributed by atoms with Gasteiger partial charge in [-0.3, -0.25) is 0 Å². The molecule has 24 heavy (non-hydrogen) atoms. The highest BCUT2D eigenvalue weighted by Gasteiger charge is 2.10. The first-order valence-corrected chi connectivity index (χ1v) is 9.08. The predicted molar refractivity (Wildman–Crippen MR) is 92.7 cm³/mol. The van der Waals surface area contributed by atoms with Crippen LogP contribution in [-0.2, 0) is 10.0 Å². The third-order valence-corrected chi connectivity index (χ3v) is 4.51. The topological polar surface area (TPSA) is 90.7 Å². The summed E-state index contributed by atoms with van der Waals surface area (Å²) in [4.78, 5) is 0.0674. The van der Waals surface area contributed by atoms with E-state index in [0.29, 0.717) is 18.9 Å². The summed E-state index contributed by atoms with van der Waals surface area (Å²) in [6.45, 7) is 3.14. The van der Waals surface area contributed by atoms with E-state index in [9.17, 15) is 8.42 Å². The fraction of sp³-hybridized carbons (Fsp3) is 0.294. The largest absolute Gasteiger partial charge is 0.496 e. The van der Waals surface area contributed by atoms with Gasteiger partial charge in [0.25, 0.3) is 0 Å².